The number of carbonyl (C=O) groups is 1. The smallest absolute Gasteiger partial charge is 0.258 e. The first-order chi connectivity index (χ1) is 13.4. The van der Waals surface area contributed by atoms with E-state index in [9.17, 15) is 9.18 Å². The molecule has 0 spiro atoms. The number of nitrogens with zero attached hydrogens (tertiary/aromatic N) is 3. The number of halogens is 2. The standard InChI is InChI=1S/C19H18BrFN4O3/c1-11(2)17(19-24-18(25-28-19)12-5-7-22-8-6-12)23-16(26)10-27-15-4-3-13(20)9-14(15)21/h3-9,11,17H,10H2,1-2H3,(H,23,26). The summed E-state index contributed by atoms with van der Waals surface area (Å²) in [6.07, 6.45) is 3.26. The highest BCUT2D eigenvalue weighted by atomic mass is 79.9. The number of amides is 1. The Hall–Kier alpha value is -2.81. The molecule has 0 aliphatic rings. The van der Waals surface area contributed by atoms with Crippen molar-refractivity contribution < 1.29 is 18.4 Å². The Balaban J connectivity index is 1.66. The van der Waals surface area contributed by atoms with Gasteiger partial charge in [0.15, 0.2) is 18.2 Å². The minimum atomic E-state index is -0.554. The number of benzene rings is 1. The van der Waals surface area contributed by atoms with E-state index in [1.807, 2.05) is 13.8 Å². The van der Waals surface area contributed by atoms with Gasteiger partial charge >= 0.3 is 0 Å². The predicted molar refractivity (Wildman–Crippen MR) is 103 cm³/mol. The summed E-state index contributed by atoms with van der Waals surface area (Å²) in [6, 6.07) is 7.37. The molecule has 28 heavy (non-hydrogen) atoms. The summed E-state index contributed by atoms with van der Waals surface area (Å²) in [4.78, 5) is 20.6. The Morgan fingerprint density at radius 1 is 1.29 bits per heavy atom. The number of hydrogen-bond acceptors (Lipinski definition) is 6. The third kappa shape index (κ3) is 4.92. The first kappa shape index (κ1) is 19.9. The molecule has 3 aromatic rings. The van der Waals surface area contributed by atoms with Crippen LogP contribution in [-0.2, 0) is 4.79 Å². The van der Waals surface area contributed by atoms with Gasteiger partial charge in [0.1, 0.15) is 6.04 Å². The van der Waals surface area contributed by atoms with Crippen molar-refractivity contribution in [2.24, 2.45) is 5.92 Å². The molecule has 146 valence electrons. The third-order valence-corrected chi connectivity index (χ3v) is 4.38. The molecular formula is C19H18BrFN4O3. The topological polar surface area (TPSA) is 90.1 Å². The minimum Gasteiger partial charge on any atom is -0.481 e. The number of hydrogen-bond donors (Lipinski definition) is 1. The van der Waals surface area contributed by atoms with Crippen LogP contribution >= 0.6 is 15.9 Å². The van der Waals surface area contributed by atoms with E-state index in [1.165, 1.54) is 12.1 Å². The zero-order valence-electron chi connectivity index (χ0n) is 15.2. The second-order valence-corrected chi connectivity index (χ2v) is 7.26. The molecule has 0 saturated heterocycles. The summed E-state index contributed by atoms with van der Waals surface area (Å²) in [5, 5.41) is 6.75. The molecule has 0 bridgehead atoms. The number of aromatic nitrogens is 3. The number of rotatable bonds is 7. The Bertz CT molecular complexity index is 949. The average Bonchev–Trinajstić information content (AvgIpc) is 3.15. The van der Waals surface area contributed by atoms with Crippen LogP contribution in [0.2, 0.25) is 0 Å². The largest absolute Gasteiger partial charge is 0.481 e. The van der Waals surface area contributed by atoms with Gasteiger partial charge in [0, 0.05) is 22.4 Å². The van der Waals surface area contributed by atoms with Gasteiger partial charge in [-0.05, 0) is 36.2 Å². The highest BCUT2D eigenvalue weighted by Gasteiger charge is 2.25. The van der Waals surface area contributed by atoms with Crippen LogP contribution in [0.5, 0.6) is 5.75 Å². The number of ether oxygens (including phenoxy) is 1. The van der Waals surface area contributed by atoms with Crippen molar-refractivity contribution in [3.63, 3.8) is 0 Å². The van der Waals surface area contributed by atoms with E-state index in [2.05, 4.69) is 36.4 Å². The third-order valence-electron chi connectivity index (χ3n) is 3.88. The molecule has 0 saturated carbocycles. The zero-order chi connectivity index (χ0) is 20.1. The molecular weight excluding hydrogens is 431 g/mol. The van der Waals surface area contributed by atoms with Crippen LogP contribution in [0, 0.1) is 11.7 Å². The van der Waals surface area contributed by atoms with Crippen LogP contribution in [0.25, 0.3) is 11.4 Å². The molecule has 7 nitrogen and oxygen atoms in total. The maximum atomic E-state index is 13.8. The van der Waals surface area contributed by atoms with Crippen LogP contribution in [0.3, 0.4) is 0 Å². The van der Waals surface area contributed by atoms with E-state index in [1.54, 1.807) is 30.6 Å². The zero-order valence-corrected chi connectivity index (χ0v) is 16.8. The van der Waals surface area contributed by atoms with Crippen LogP contribution < -0.4 is 10.1 Å². The van der Waals surface area contributed by atoms with Crippen molar-refractivity contribution in [2.45, 2.75) is 19.9 Å². The van der Waals surface area contributed by atoms with Gasteiger partial charge in [0.2, 0.25) is 11.7 Å². The molecule has 1 N–H and O–H groups in total. The van der Waals surface area contributed by atoms with Crippen LogP contribution in [0.4, 0.5) is 4.39 Å². The van der Waals surface area contributed by atoms with Crippen molar-refractivity contribution in [2.75, 3.05) is 6.61 Å². The normalized spacial score (nSPS) is 12.0. The molecule has 1 atom stereocenters. The van der Waals surface area contributed by atoms with Crippen LogP contribution in [0.15, 0.2) is 51.7 Å². The van der Waals surface area contributed by atoms with Crippen LogP contribution in [-0.4, -0.2) is 27.6 Å². The molecule has 1 unspecified atom stereocenters. The maximum absolute atomic E-state index is 13.8. The molecule has 0 aliphatic heterocycles. The highest BCUT2D eigenvalue weighted by molar-refractivity contribution is 9.10. The van der Waals surface area contributed by atoms with E-state index in [4.69, 9.17) is 9.26 Å². The van der Waals surface area contributed by atoms with Crippen molar-refractivity contribution in [1.82, 2.24) is 20.4 Å². The van der Waals surface area contributed by atoms with Gasteiger partial charge in [-0.15, -0.1) is 0 Å². The van der Waals surface area contributed by atoms with E-state index < -0.39 is 17.8 Å². The molecule has 0 aliphatic carbocycles. The number of pyridine rings is 1. The van der Waals surface area contributed by atoms with Gasteiger partial charge < -0.3 is 14.6 Å². The Morgan fingerprint density at radius 2 is 2.04 bits per heavy atom. The first-order valence-corrected chi connectivity index (χ1v) is 9.34. The molecule has 1 amide bonds. The number of carbonyl (C=O) groups excluding carboxylic acids is 1. The summed E-state index contributed by atoms with van der Waals surface area (Å²) in [5.41, 5.74) is 0.757. The summed E-state index contributed by atoms with van der Waals surface area (Å²) in [7, 11) is 0. The van der Waals surface area contributed by atoms with E-state index in [-0.39, 0.29) is 24.2 Å². The lowest BCUT2D eigenvalue weighted by Gasteiger charge is -2.18. The first-order valence-electron chi connectivity index (χ1n) is 8.55. The Kier molecular flexibility index (Phi) is 6.35. The van der Waals surface area contributed by atoms with Gasteiger partial charge in [-0.1, -0.05) is 34.9 Å². The Morgan fingerprint density at radius 3 is 2.71 bits per heavy atom. The second kappa shape index (κ2) is 8.92. The summed E-state index contributed by atoms with van der Waals surface area (Å²) in [6.45, 7) is 3.49. The van der Waals surface area contributed by atoms with Gasteiger partial charge in [-0.3, -0.25) is 9.78 Å². The van der Waals surface area contributed by atoms with Crippen molar-refractivity contribution in [3.8, 4) is 17.1 Å². The highest BCUT2D eigenvalue weighted by Crippen LogP contribution is 2.24. The van der Waals surface area contributed by atoms with Gasteiger partial charge in [0.05, 0.1) is 0 Å². The summed E-state index contributed by atoms with van der Waals surface area (Å²) >= 11 is 3.17. The molecule has 0 radical (unpaired) electrons. The quantitative estimate of drug-likeness (QED) is 0.588. The van der Waals surface area contributed by atoms with Gasteiger partial charge in [-0.25, -0.2) is 4.39 Å². The lowest BCUT2D eigenvalue weighted by Crippen LogP contribution is -2.35. The average molecular weight is 449 g/mol. The van der Waals surface area contributed by atoms with E-state index in [0.29, 0.717) is 10.3 Å². The SMILES string of the molecule is CC(C)C(NC(=O)COc1ccc(Br)cc1F)c1nc(-c2ccncc2)no1. The van der Waals surface area contributed by atoms with E-state index in [0.717, 1.165) is 5.56 Å². The monoisotopic (exact) mass is 448 g/mol. The fourth-order valence-corrected chi connectivity index (χ4v) is 2.78. The van der Waals surface area contributed by atoms with Crippen molar-refractivity contribution >= 4 is 21.8 Å². The predicted octanol–water partition coefficient (Wildman–Crippen LogP) is 3.93. The fourth-order valence-electron chi connectivity index (χ4n) is 2.44. The van der Waals surface area contributed by atoms with Gasteiger partial charge in [0.25, 0.3) is 5.91 Å². The molecule has 9 heteroatoms. The maximum Gasteiger partial charge on any atom is 0.258 e. The molecule has 2 aromatic heterocycles. The second-order valence-electron chi connectivity index (χ2n) is 6.34. The van der Waals surface area contributed by atoms with Crippen molar-refractivity contribution in [1.29, 1.82) is 0 Å². The molecule has 3 rings (SSSR count). The lowest BCUT2D eigenvalue weighted by molar-refractivity contribution is -0.124. The Labute approximate surface area is 169 Å². The van der Waals surface area contributed by atoms with Crippen LogP contribution in [0.1, 0.15) is 25.8 Å². The minimum absolute atomic E-state index is 0.00258. The van der Waals surface area contributed by atoms with Gasteiger partial charge in [-0.2, -0.15) is 4.98 Å². The van der Waals surface area contributed by atoms with Crippen molar-refractivity contribution in [3.05, 3.63) is 58.9 Å². The van der Waals surface area contributed by atoms with E-state index >= 15 is 0 Å². The fraction of sp³-hybridized carbons (Fsp3) is 0.263. The number of nitrogens with one attached hydrogen (secondary N) is 1. The summed E-state index contributed by atoms with van der Waals surface area (Å²) in [5.74, 6) is -0.307. The molecule has 0 fully saturated rings. The molecule has 2 heterocycles. The summed E-state index contributed by atoms with van der Waals surface area (Å²) < 4.78 is 25.0. The lowest BCUT2D eigenvalue weighted by atomic mass is 10.0. The molecule has 1 aromatic carbocycles.